The Morgan fingerprint density at radius 1 is 1.09 bits per heavy atom. The van der Waals surface area contributed by atoms with Crippen LogP contribution >= 0.6 is 11.3 Å². The molecule has 0 aliphatic carbocycles. The average Bonchev–Trinajstić information content (AvgIpc) is 3.25. The molecule has 1 aromatic heterocycles. The molecule has 10 heteroatoms. The van der Waals surface area contributed by atoms with E-state index in [1.807, 2.05) is 18.2 Å². The summed E-state index contributed by atoms with van der Waals surface area (Å²) >= 11 is 1.58. The van der Waals surface area contributed by atoms with Gasteiger partial charge >= 0.3 is 5.97 Å². The zero-order chi connectivity index (χ0) is 23.9. The molecule has 0 N–H and O–H groups in total. The number of fused-ring (bicyclic) bond motifs is 1. The Morgan fingerprint density at radius 3 is 2.47 bits per heavy atom. The third kappa shape index (κ3) is 4.37. The number of methoxy groups -OCH3 is 1. The number of carbonyl (C=O) groups is 1. The molecule has 180 valence electrons. The van der Waals surface area contributed by atoms with Crippen molar-refractivity contribution in [2.75, 3.05) is 38.2 Å². The minimum atomic E-state index is -3.54. The van der Waals surface area contributed by atoms with Gasteiger partial charge in [0.15, 0.2) is 5.13 Å². The van der Waals surface area contributed by atoms with E-state index in [9.17, 15) is 13.2 Å². The largest absolute Gasteiger partial charge is 0.494 e. The Hall–Kier alpha value is -2.69. The quantitative estimate of drug-likeness (QED) is 0.475. The van der Waals surface area contributed by atoms with Crippen LogP contribution in [0, 0.1) is 5.92 Å². The van der Waals surface area contributed by atoms with Crippen LogP contribution in [0.25, 0.3) is 10.2 Å². The summed E-state index contributed by atoms with van der Waals surface area (Å²) in [6.45, 7) is 4.34. The first-order valence-electron chi connectivity index (χ1n) is 11.3. The van der Waals surface area contributed by atoms with E-state index in [1.165, 1.54) is 28.6 Å². The number of para-hydroxylation sites is 1. The number of nitrogens with zero attached hydrogens (tertiary/aromatic N) is 3. The van der Waals surface area contributed by atoms with Crippen molar-refractivity contribution in [3.05, 3.63) is 48.0 Å². The molecule has 2 aliphatic rings. The Balaban J connectivity index is 1.18. The SMILES string of the molecule is COc1cccc2sc(N3CC(OC(=O)c4ccc(S(=O)(=O)N5CCC(C)CC5)cc4)C3)nc12. The molecule has 3 heterocycles. The van der Waals surface area contributed by atoms with Crippen LogP contribution in [0.5, 0.6) is 5.75 Å². The van der Waals surface area contributed by atoms with E-state index in [2.05, 4.69) is 16.8 Å². The molecule has 2 aromatic carbocycles. The number of hydrogen-bond acceptors (Lipinski definition) is 8. The zero-order valence-corrected chi connectivity index (χ0v) is 20.8. The summed E-state index contributed by atoms with van der Waals surface area (Å²) < 4.78 is 39.3. The molecule has 0 unspecified atom stereocenters. The minimum absolute atomic E-state index is 0.208. The maximum atomic E-state index is 12.9. The average molecular weight is 502 g/mol. The number of ether oxygens (including phenoxy) is 2. The molecular formula is C24H27N3O5S2. The van der Waals surface area contributed by atoms with Crippen molar-refractivity contribution in [3.8, 4) is 5.75 Å². The lowest BCUT2D eigenvalue weighted by molar-refractivity contribution is 0.0234. The van der Waals surface area contributed by atoms with Crippen LogP contribution in [0.3, 0.4) is 0 Å². The fourth-order valence-electron chi connectivity index (χ4n) is 4.24. The van der Waals surface area contributed by atoms with Gasteiger partial charge in [0.25, 0.3) is 0 Å². The number of rotatable bonds is 6. The molecule has 0 atom stereocenters. The van der Waals surface area contributed by atoms with Crippen LogP contribution in [0.4, 0.5) is 5.13 Å². The number of anilines is 1. The second-order valence-electron chi connectivity index (χ2n) is 8.85. The summed E-state index contributed by atoms with van der Waals surface area (Å²) in [6, 6.07) is 11.9. The molecule has 0 amide bonds. The van der Waals surface area contributed by atoms with E-state index in [-0.39, 0.29) is 11.0 Å². The van der Waals surface area contributed by atoms with Crippen LogP contribution in [0.2, 0.25) is 0 Å². The van der Waals surface area contributed by atoms with E-state index in [0.29, 0.717) is 37.7 Å². The fraction of sp³-hybridized carbons (Fsp3) is 0.417. The highest BCUT2D eigenvalue weighted by Gasteiger charge is 2.33. The molecule has 0 radical (unpaired) electrons. The van der Waals surface area contributed by atoms with Crippen molar-refractivity contribution in [1.82, 2.24) is 9.29 Å². The Bertz CT molecular complexity index is 1290. The topological polar surface area (TPSA) is 89.0 Å². The monoisotopic (exact) mass is 501 g/mol. The molecule has 0 spiro atoms. The van der Waals surface area contributed by atoms with Crippen LogP contribution in [0.15, 0.2) is 47.4 Å². The minimum Gasteiger partial charge on any atom is -0.494 e. The number of aromatic nitrogens is 1. The lowest BCUT2D eigenvalue weighted by Crippen LogP contribution is -2.53. The molecule has 8 nitrogen and oxygen atoms in total. The van der Waals surface area contributed by atoms with Gasteiger partial charge in [-0.05, 0) is 55.2 Å². The molecule has 3 aromatic rings. The molecule has 5 rings (SSSR count). The number of piperidine rings is 1. The number of carbonyl (C=O) groups excluding carboxylic acids is 1. The van der Waals surface area contributed by atoms with Crippen LogP contribution in [-0.2, 0) is 14.8 Å². The van der Waals surface area contributed by atoms with Crippen molar-refractivity contribution in [3.63, 3.8) is 0 Å². The van der Waals surface area contributed by atoms with Gasteiger partial charge in [0.1, 0.15) is 17.4 Å². The van der Waals surface area contributed by atoms with Gasteiger partial charge in [-0.1, -0.05) is 24.3 Å². The lowest BCUT2D eigenvalue weighted by atomic mass is 10.0. The van der Waals surface area contributed by atoms with Crippen LogP contribution in [-0.4, -0.2) is 63.1 Å². The highest BCUT2D eigenvalue weighted by molar-refractivity contribution is 7.89. The highest BCUT2D eigenvalue weighted by atomic mass is 32.2. The van der Waals surface area contributed by atoms with Gasteiger partial charge in [0.2, 0.25) is 10.0 Å². The van der Waals surface area contributed by atoms with Crippen molar-refractivity contribution >= 4 is 42.7 Å². The first-order valence-corrected chi connectivity index (χ1v) is 13.6. The van der Waals surface area contributed by atoms with E-state index in [0.717, 1.165) is 33.9 Å². The van der Waals surface area contributed by atoms with Crippen molar-refractivity contribution in [2.45, 2.75) is 30.8 Å². The summed E-state index contributed by atoms with van der Waals surface area (Å²) in [7, 11) is -1.91. The predicted octanol–water partition coefficient (Wildman–Crippen LogP) is 3.77. The molecule has 0 bridgehead atoms. The smallest absolute Gasteiger partial charge is 0.338 e. The highest BCUT2D eigenvalue weighted by Crippen LogP contribution is 2.36. The first kappa shape index (κ1) is 23.1. The van der Waals surface area contributed by atoms with Crippen LogP contribution < -0.4 is 9.64 Å². The van der Waals surface area contributed by atoms with E-state index < -0.39 is 16.0 Å². The van der Waals surface area contributed by atoms with Crippen molar-refractivity contribution in [1.29, 1.82) is 0 Å². The Labute approximate surface area is 203 Å². The molecular weight excluding hydrogens is 474 g/mol. The van der Waals surface area contributed by atoms with Gasteiger partial charge in [-0.15, -0.1) is 0 Å². The van der Waals surface area contributed by atoms with Gasteiger partial charge in [0, 0.05) is 13.1 Å². The van der Waals surface area contributed by atoms with E-state index in [4.69, 9.17) is 9.47 Å². The summed E-state index contributed by atoms with van der Waals surface area (Å²) in [5.41, 5.74) is 1.17. The Morgan fingerprint density at radius 2 is 1.79 bits per heavy atom. The predicted molar refractivity (Wildman–Crippen MR) is 131 cm³/mol. The first-order chi connectivity index (χ1) is 16.3. The molecule has 2 aliphatic heterocycles. The van der Waals surface area contributed by atoms with Crippen LogP contribution in [0.1, 0.15) is 30.1 Å². The van der Waals surface area contributed by atoms with Gasteiger partial charge in [-0.25, -0.2) is 18.2 Å². The normalized spacial score (nSPS) is 18.1. The summed E-state index contributed by atoms with van der Waals surface area (Å²) in [5, 5.41) is 0.869. The zero-order valence-electron chi connectivity index (χ0n) is 19.1. The van der Waals surface area contributed by atoms with Gasteiger partial charge < -0.3 is 14.4 Å². The number of esters is 1. The standard InChI is InChI=1S/C24H27N3O5S2/c1-16-10-12-27(13-11-16)34(29,30)19-8-6-17(7-9-19)23(28)32-18-14-26(15-18)24-25-22-20(31-2)4-3-5-21(22)33-24/h3-9,16,18H,10-15H2,1-2H3. The number of sulfonamides is 1. The molecule has 2 saturated heterocycles. The van der Waals surface area contributed by atoms with Gasteiger partial charge in [-0.3, -0.25) is 0 Å². The number of benzene rings is 2. The fourth-order valence-corrected chi connectivity index (χ4v) is 6.71. The number of hydrogen-bond donors (Lipinski definition) is 0. The summed E-state index contributed by atoms with van der Waals surface area (Å²) in [4.78, 5) is 19.5. The molecule has 0 saturated carbocycles. The van der Waals surface area contributed by atoms with Gasteiger partial charge in [-0.2, -0.15) is 4.31 Å². The summed E-state index contributed by atoms with van der Waals surface area (Å²) in [6.07, 6.45) is 1.50. The molecule has 2 fully saturated rings. The third-order valence-corrected chi connectivity index (χ3v) is 9.45. The second kappa shape index (κ2) is 9.16. The maximum absolute atomic E-state index is 12.9. The van der Waals surface area contributed by atoms with E-state index >= 15 is 0 Å². The Kier molecular flexibility index (Phi) is 6.22. The van der Waals surface area contributed by atoms with E-state index in [1.54, 1.807) is 18.4 Å². The number of thiazole rings is 1. The maximum Gasteiger partial charge on any atom is 0.338 e. The van der Waals surface area contributed by atoms with Crippen molar-refractivity contribution in [2.24, 2.45) is 5.92 Å². The third-order valence-electron chi connectivity index (χ3n) is 6.45. The van der Waals surface area contributed by atoms with Crippen molar-refractivity contribution < 1.29 is 22.7 Å². The lowest BCUT2D eigenvalue weighted by Gasteiger charge is -2.38. The second-order valence-corrected chi connectivity index (χ2v) is 11.8. The van der Waals surface area contributed by atoms with Gasteiger partial charge in [0.05, 0.1) is 35.4 Å². The molecule has 34 heavy (non-hydrogen) atoms. The summed E-state index contributed by atoms with van der Waals surface area (Å²) in [5.74, 6) is 0.832.